The molecule has 2 aromatic carbocycles. The average molecular weight is 316 g/mol. The number of nitrogens with zero attached hydrogens (tertiary/aromatic N) is 3. The van der Waals surface area contributed by atoms with Crippen LogP contribution in [-0.2, 0) is 12.8 Å². The van der Waals surface area contributed by atoms with Crippen LogP contribution < -0.4 is 0 Å². The molecule has 0 bridgehead atoms. The highest BCUT2D eigenvalue weighted by Gasteiger charge is 2.11. The van der Waals surface area contributed by atoms with Crippen LogP contribution in [0.5, 0.6) is 0 Å². The lowest BCUT2D eigenvalue weighted by molar-refractivity contribution is 0.794. The Bertz CT molecular complexity index is 740. The number of hydrogen-bond acceptors (Lipinski definition) is 3. The monoisotopic (exact) mass is 315 g/mol. The van der Waals surface area contributed by atoms with Crippen LogP contribution in [-0.4, -0.2) is 14.8 Å². The summed E-state index contributed by atoms with van der Waals surface area (Å²) in [4.78, 5) is 0. The van der Waals surface area contributed by atoms with E-state index in [0.717, 1.165) is 22.3 Å². The third-order valence-electron chi connectivity index (χ3n) is 3.13. The van der Waals surface area contributed by atoms with Gasteiger partial charge in [0.1, 0.15) is 0 Å². The summed E-state index contributed by atoms with van der Waals surface area (Å²) in [5.41, 5.74) is 2.25. The van der Waals surface area contributed by atoms with Gasteiger partial charge in [-0.25, -0.2) is 0 Å². The van der Waals surface area contributed by atoms with Crippen molar-refractivity contribution < 1.29 is 0 Å². The Morgan fingerprint density at radius 3 is 2.62 bits per heavy atom. The summed E-state index contributed by atoms with van der Waals surface area (Å²) in [5, 5.41) is 10.1. The van der Waals surface area contributed by atoms with E-state index in [9.17, 15) is 0 Å². The molecule has 0 aliphatic carbocycles. The molecule has 1 aromatic heterocycles. The van der Waals surface area contributed by atoms with Crippen molar-refractivity contribution in [3.8, 4) is 11.4 Å². The molecule has 0 N–H and O–H groups in total. The van der Waals surface area contributed by atoms with E-state index in [-0.39, 0.29) is 0 Å². The molecule has 5 heteroatoms. The van der Waals surface area contributed by atoms with Crippen LogP contribution in [0.3, 0.4) is 0 Å². The molecule has 3 nitrogen and oxygen atoms in total. The van der Waals surface area contributed by atoms with Gasteiger partial charge in [-0.1, -0.05) is 65.8 Å². The Balaban J connectivity index is 1.80. The Kier molecular flexibility index (Phi) is 4.27. The van der Waals surface area contributed by atoms with E-state index in [1.165, 1.54) is 5.56 Å². The molecular formula is C16H14ClN3S. The highest BCUT2D eigenvalue weighted by molar-refractivity contribution is 7.98. The van der Waals surface area contributed by atoms with E-state index in [2.05, 4.69) is 22.3 Å². The second-order valence-electron chi connectivity index (χ2n) is 4.65. The number of hydrogen-bond donors (Lipinski definition) is 0. The maximum Gasteiger partial charge on any atom is 0.191 e. The number of benzene rings is 2. The highest BCUT2D eigenvalue weighted by Crippen LogP contribution is 2.26. The molecule has 0 atom stereocenters. The molecule has 106 valence electrons. The average Bonchev–Trinajstić information content (AvgIpc) is 2.87. The summed E-state index contributed by atoms with van der Waals surface area (Å²) in [7, 11) is 1.98. The lowest BCUT2D eigenvalue weighted by Gasteiger charge is -2.04. The fraction of sp³-hybridized carbons (Fsp3) is 0.125. The zero-order chi connectivity index (χ0) is 14.7. The van der Waals surface area contributed by atoms with Gasteiger partial charge >= 0.3 is 0 Å². The Morgan fingerprint density at radius 2 is 1.86 bits per heavy atom. The first kappa shape index (κ1) is 14.2. The Hall–Kier alpha value is -1.78. The summed E-state index contributed by atoms with van der Waals surface area (Å²) in [6.45, 7) is 0. The second kappa shape index (κ2) is 6.33. The van der Waals surface area contributed by atoms with E-state index in [4.69, 9.17) is 11.6 Å². The molecule has 0 amide bonds. The van der Waals surface area contributed by atoms with Gasteiger partial charge in [0.15, 0.2) is 11.0 Å². The van der Waals surface area contributed by atoms with E-state index in [1.54, 1.807) is 11.8 Å². The molecule has 21 heavy (non-hydrogen) atoms. The van der Waals surface area contributed by atoms with Crippen LogP contribution in [0.2, 0.25) is 5.02 Å². The van der Waals surface area contributed by atoms with Crippen LogP contribution >= 0.6 is 23.4 Å². The first-order valence-corrected chi connectivity index (χ1v) is 7.92. The van der Waals surface area contributed by atoms with Gasteiger partial charge in [-0.3, -0.25) is 0 Å². The third-order valence-corrected chi connectivity index (χ3v) is 4.45. The molecule has 0 aliphatic rings. The summed E-state index contributed by atoms with van der Waals surface area (Å²) >= 11 is 7.71. The SMILES string of the molecule is Cn1c(SCc2ccccc2)nnc1-c1cccc(Cl)c1. The normalized spacial score (nSPS) is 10.8. The minimum Gasteiger partial charge on any atom is -0.305 e. The minimum absolute atomic E-state index is 0.703. The van der Waals surface area contributed by atoms with E-state index in [1.807, 2.05) is 54.1 Å². The molecule has 0 unspecified atom stereocenters. The number of thioether (sulfide) groups is 1. The van der Waals surface area contributed by atoms with Crippen molar-refractivity contribution in [1.29, 1.82) is 0 Å². The van der Waals surface area contributed by atoms with Gasteiger partial charge in [0.2, 0.25) is 0 Å². The zero-order valence-electron chi connectivity index (χ0n) is 11.5. The fourth-order valence-electron chi connectivity index (χ4n) is 2.04. The van der Waals surface area contributed by atoms with Gasteiger partial charge in [0.25, 0.3) is 0 Å². The number of rotatable bonds is 4. The summed E-state index contributed by atoms with van der Waals surface area (Å²) in [5.74, 6) is 1.70. The topological polar surface area (TPSA) is 30.7 Å². The molecule has 0 fully saturated rings. The third kappa shape index (κ3) is 3.28. The first-order valence-electron chi connectivity index (χ1n) is 6.56. The van der Waals surface area contributed by atoms with Crippen LogP contribution in [0.15, 0.2) is 59.8 Å². The van der Waals surface area contributed by atoms with Crippen molar-refractivity contribution in [2.45, 2.75) is 10.9 Å². The van der Waals surface area contributed by atoms with E-state index in [0.29, 0.717) is 5.02 Å². The largest absolute Gasteiger partial charge is 0.305 e. The number of halogens is 1. The quantitative estimate of drug-likeness (QED) is 0.667. The number of aromatic nitrogens is 3. The second-order valence-corrected chi connectivity index (χ2v) is 6.03. The zero-order valence-corrected chi connectivity index (χ0v) is 13.1. The molecule has 0 aliphatic heterocycles. The van der Waals surface area contributed by atoms with Crippen molar-refractivity contribution in [1.82, 2.24) is 14.8 Å². The van der Waals surface area contributed by atoms with Gasteiger partial charge in [0, 0.05) is 23.4 Å². The smallest absolute Gasteiger partial charge is 0.191 e. The van der Waals surface area contributed by atoms with Gasteiger partial charge in [-0.15, -0.1) is 10.2 Å². The molecular weight excluding hydrogens is 302 g/mol. The predicted octanol–water partition coefficient (Wildman–Crippen LogP) is 4.43. The summed E-state index contributed by atoms with van der Waals surface area (Å²) in [6, 6.07) is 18.0. The van der Waals surface area contributed by atoms with Crippen molar-refractivity contribution in [3.05, 3.63) is 65.2 Å². The highest BCUT2D eigenvalue weighted by atomic mass is 35.5. The molecule has 0 spiro atoms. The van der Waals surface area contributed by atoms with Gasteiger partial charge < -0.3 is 4.57 Å². The Morgan fingerprint density at radius 1 is 1.05 bits per heavy atom. The van der Waals surface area contributed by atoms with Crippen molar-refractivity contribution >= 4 is 23.4 Å². The van der Waals surface area contributed by atoms with Gasteiger partial charge in [0.05, 0.1) is 0 Å². The minimum atomic E-state index is 0.703. The molecule has 3 aromatic rings. The first-order chi connectivity index (χ1) is 10.2. The standard InChI is InChI=1S/C16H14ClN3S/c1-20-15(13-8-5-9-14(17)10-13)18-19-16(20)21-11-12-6-3-2-4-7-12/h2-10H,11H2,1H3. The maximum absolute atomic E-state index is 6.03. The van der Waals surface area contributed by atoms with Gasteiger partial charge in [-0.2, -0.15) is 0 Å². The molecule has 0 saturated carbocycles. The summed E-state index contributed by atoms with van der Waals surface area (Å²) < 4.78 is 2.00. The van der Waals surface area contributed by atoms with Gasteiger partial charge in [-0.05, 0) is 17.7 Å². The lowest BCUT2D eigenvalue weighted by atomic mass is 10.2. The van der Waals surface area contributed by atoms with Crippen molar-refractivity contribution in [3.63, 3.8) is 0 Å². The van der Waals surface area contributed by atoms with Crippen molar-refractivity contribution in [2.75, 3.05) is 0 Å². The lowest BCUT2D eigenvalue weighted by Crippen LogP contribution is -1.95. The molecule has 0 radical (unpaired) electrons. The fourth-order valence-corrected chi connectivity index (χ4v) is 3.10. The molecule has 0 saturated heterocycles. The van der Waals surface area contributed by atoms with Crippen LogP contribution in [0, 0.1) is 0 Å². The summed E-state index contributed by atoms with van der Waals surface area (Å²) in [6.07, 6.45) is 0. The maximum atomic E-state index is 6.03. The van der Waals surface area contributed by atoms with Crippen LogP contribution in [0.25, 0.3) is 11.4 Å². The molecule has 3 rings (SSSR count). The van der Waals surface area contributed by atoms with E-state index < -0.39 is 0 Å². The predicted molar refractivity (Wildman–Crippen MR) is 87.5 cm³/mol. The van der Waals surface area contributed by atoms with Crippen LogP contribution in [0.1, 0.15) is 5.56 Å². The van der Waals surface area contributed by atoms with Crippen molar-refractivity contribution in [2.24, 2.45) is 7.05 Å². The molecule has 1 heterocycles. The van der Waals surface area contributed by atoms with Crippen LogP contribution in [0.4, 0.5) is 0 Å². The van der Waals surface area contributed by atoms with E-state index >= 15 is 0 Å². The Labute approximate surface area is 133 Å².